The number of rotatable bonds is 3. The number of benzene rings is 1. The molecular formula is C17H19N5O3. The van der Waals surface area contributed by atoms with E-state index in [4.69, 9.17) is 0 Å². The molecule has 0 atom stereocenters. The number of H-pyrrole nitrogens is 1. The highest BCUT2D eigenvalue weighted by Crippen LogP contribution is 2.19. The summed E-state index contributed by atoms with van der Waals surface area (Å²) in [7, 11) is 0. The number of nitrogens with one attached hydrogen (secondary N) is 2. The lowest BCUT2D eigenvalue weighted by molar-refractivity contribution is 0.102. The number of hydrogen-bond acceptors (Lipinski definition) is 5. The SMILES string of the molecule is Cc1cc(C(=O)Nc2ccc(-c3noc(=O)[nH]3)cc2)nn1C(C)(C)C. The topological polar surface area (TPSA) is 106 Å². The summed E-state index contributed by atoms with van der Waals surface area (Å²) < 4.78 is 6.30. The minimum absolute atomic E-state index is 0.196. The molecule has 1 aromatic carbocycles. The van der Waals surface area contributed by atoms with Crippen molar-refractivity contribution in [2.24, 2.45) is 0 Å². The second-order valence-electron chi connectivity index (χ2n) is 6.73. The third-order valence-corrected chi connectivity index (χ3v) is 3.61. The van der Waals surface area contributed by atoms with Crippen molar-refractivity contribution in [2.45, 2.75) is 33.2 Å². The van der Waals surface area contributed by atoms with Crippen molar-refractivity contribution < 1.29 is 9.32 Å². The molecule has 0 aliphatic heterocycles. The molecule has 130 valence electrons. The van der Waals surface area contributed by atoms with Gasteiger partial charge in [-0.3, -0.25) is 19.0 Å². The van der Waals surface area contributed by atoms with Gasteiger partial charge in [0.05, 0.1) is 5.54 Å². The van der Waals surface area contributed by atoms with Gasteiger partial charge in [0.1, 0.15) is 0 Å². The standard InChI is InChI=1S/C17H19N5O3/c1-10-9-13(20-22(10)17(2,3)4)15(23)18-12-7-5-11(6-8-12)14-19-16(24)25-21-14/h5-9H,1-4H3,(H,18,23)(H,19,21,24). The van der Waals surface area contributed by atoms with E-state index in [0.717, 1.165) is 5.69 Å². The van der Waals surface area contributed by atoms with E-state index in [2.05, 4.69) is 25.1 Å². The number of carbonyl (C=O) groups excluding carboxylic acids is 1. The van der Waals surface area contributed by atoms with E-state index in [1.165, 1.54) is 0 Å². The number of amides is 1. The number of anilines is 1. The van der Waals surface area contributed by atoms with E-state index in [9.17, 15) is 9.59 Å². The number of hydrogen-bond donors (Lipinski definition) is 2. The molecule has 1 amide bonds. The van der Waals surface area contributed by atoms with Crippen LogP contribution in [0.2, 0.25) is 0 Å². The minimum Gasteiger partial charge on any atom is -0.321 e. The predicted molar refractivity (Wildman–Crippen MR) is 92.5 cm³/mol. The molecule has 2 heterocycles. The van der Waals surface area contributed by atoms with Gasteiger partial charge in [0.15, 0.2) is 11.5 Å². The molecule has 8 heteroatoms. The van der Waals surface area contributed by atoms with Gasteiger partial charge in [0, 0.05) is 16.9 Å². The van der Waals surface area contributed by atoms with Crippen molar-refractivity contribution in [3.8, 4) is 11.4 Å². The highest BCUT2D eigenvalue weighted by atomic mass is 16.5. The Morgan fingerprint density at radius 2 is 1.92 bits per heavy atom. The Hall–Kier alpha value is -3.16. The van der Waals surface area contributed by atoms with E-state index >= 15 is 0 Å². The first-order chi connectivity index (χ1) is 11.7. The van der Waals surface area contributed by atoms with Gasteiger partial charge in [-0.1, -0.05) is 5.16 Å². The van der Waals surface area contributed by atoms with Gasteiger partial charge in [0.25, 0.3) is 5.91 Å². The van der Waals surface area contributed by atoms with E-state index in [1.807, 2.05) is 32.4 Å². The van der Waals surface area contributed by atoms with Gasteiger partial charge in [-0.15, -0.1) is 0 Å². The van der Waals surface area contributed by atoms with Crippen molar-refractivity contribution in [1.82, 2.24) is 19.9 Å². The molecule has 0 aliphatic rings. The Labute approximate surface area is 143 Å². The second kappa shape index (κ2) is 6.04. The quantitative estimate of drug-likeness (QED) is 0.761. The lowest BCUT2D eigenvalue weighted by atomic mass is 10.1. The van der Waals surface area contributed by atoms with Crippen LogP contribution in [0.3, 0.4) is 0 Å². The Kier molecular flexibility index (Phi) is 4.03. The van der Waals surface area contributed by atoms with Crippen molar-refractivity contribution >= 4 is 11.6 Å². The lowest BCUT2D eigenvalue weighted by Crippen LogP contribution is -2.25. The van der Waals surface area contributed by atoms with Gasteiger partial charge in [-0.2, -0.15) is 5.10 Å². The van der Waals surface area contributed by atoms with Crippen LogP contribution in [0.25, 0.3) is 11.4 Å². The average molecular weight is 341 g/mol. The van der Waals surface area contributed by atoms with Crippen molar-refractivity contribution in [3.05, 3.63) is 52.3 Å². The fourth-order valence-electron chi connectivity index (χ4n) is 2.53. The molecule has 2 N–H and O–H groups in total. The highest BCUT2D eigenvalue weighted by molar-refractivity contribution is 6.03. The van der Waals surface area contributed by atoms with Crippen LogP contribution in [0.1, 0.15) is 37.0 Å². The zero-order valence-corrected chi connectivity index (χ0v) is 14.5. The Bertz CT molecular complexity index is 957. The number of nitrogens with zero attached hydrogens (tertiary/aromatic N) is 3. The molecule has 25 heavy (non-hydrogen) atoms. The lowest BCUT2D eigenvalue weighted by Gasteiger charge is -2.21. The summed E-state index contributed by atoms with van der Waals surface area (Å²) in [6.07, 6.45) is 0. The fourth-order valence-corrected chi connectivity index (χ4v) is 2.53. The van der Waals surface area contributed by atoms with Crippen LogP contribution in [-0.2, 0) is 5.54 Å². The maximum absolute atomic E-state index is 12.4. The summed E-state index contributed by atoms with van der Waals surface area (Å²) in [6, 6.07) is 8.64. The van der Waals surface area contributed by atoms with E-state index < -0.39 is 5.76 Å². The third kappa shape index (κ3) is 3.52. The van der Waals surface area contributed by atoms with Gasteiger partial charge in [-0.25, -0.2) is 4.79 Å². The van der Waals surface area contributed by atoms with Gasteiger partial charge in [-0.05, 0) is 58.0 Å². The zero-order chi connectivity index (χ0) is 18.2. The number of aryl methyl sites for hydroxylation is 1. The van der Waals surface area contributed by atoms with Crippen LogP contribution in [0.4, 0.5) is 5.69 Å². The van der Waals surface area contributed by atoms with Gasteiger partial charge in [0.2, 0.25) is 0 Å². The molecule has 3 aromatic rings. The number of aromatic nitrogens is 4. The number of aromatic amines is 1. The molecular weight excluding hydrogens is 322 g/mol. The predicted octanol–water partition coefficient (Wildman–Crippen LogP) is 2.54. The molecule has 0 fully saturated rings. The smallest absolute Gasteiger partial charge is 0.321 e. The Morgan fingerprint density at radius 3 is 2.44 bits per heavy atom. The second-order valence-corrected chi connectivity index (χ2v) is 6.73. The maximum Gasteiger partial charge on any atom is 0.439 e. The van der Waals surface area contributed by atoms with Crippen LogP contribution in [-0.4, -0.2) is 25.8 Å². The first kappa shape index (κ1) is 16.7. The normalized spacial score (nSPS) is 11.5. The van der Waals surface area contributed by atoms with Crippen LogP contribution < -0.4 is 11.1 Å². The Morgan fingerprint density at radius 1 is 1.24 bits per heavy atom. The zero-order valence-electron chi connectivity index (χ0n) is 14.5. The molecule has 0 radical (unpaired) electrons. The molecule has 8 nitrogen and oxygen atoms in total. The van der Waals surface area contributed by atoms with Gasteiger partial charge >= 0.3 is 5.76 Å². The summed E-state index contributed by atoms with van der Waals surface area (Å²) in [5.41, 5.74) is 2.37. The average Bonchev–Trinajstić information content (AvgIpc) is 3.14. The summed E-state index contributed by atoms with van der Waals surface area (Å²) in [5.74, 6) is -0.562. The molecule has 0 bridgehead atoms. The molecule has 0 saturated heterocycles. The first-order valence-corrected chi connectivity index (χ1v) is 7.79. The Balaban J connectivity index is 1.76. The molecule has 0 unspecified atom stereocenters. The van der Waals surface area contributed by atoms with E-state index in [0.29, 0.717) is 22.8 Å². The van der Waals surface area contributed by atoms with Crippen LogP contribution in [0.5, 0.6) is 0 Å². The van der Waals surface area contributed by atoms with Crippen molar-refractivity contribution in [3.63, 3.8) is 0 Å². The summed E-state index contributed by atoms with van der Waals surface area (Å²) in [4.78, 5) is 25.9. The molecule has 3 rings (SSSR count). The first-order valence-electron chi connectivity index (χ1n) is 7.79. The maximum atomic E-state index is 12.4. The van der Waals surface area contributed by atoms with E-state index in [-0.39, 0.29) is 11.4 Å². The third-order valence-electron chi connectivity index (χ3n) is 3.61. The summed E-state index contributed by atoms with van der Waals surface area (Å²) in [5, 5.41) is 10.8. The van der Waals surface area contributed by atoms with Crippen LogP contribution >= 0.6 is 0 Å². The molecule has 0 spiro atoms. The summed E-state index contributed by atoms with van der Waals surface area (Å²) in [6.45, 7) is 8.01. The van der Waals surface area contributed by atoms with Crippen LogP contribution in [0.15, 0.2) is 39.6 Å². The summed E-state index contributed by atoms with van der Waals surface area (Å²) >= 11 is 0. The van der Waals surface area contributed by atoms with Crippen molar-refractivity contribution in [2.75, 3.05) is 5.32 Å². The number of carbonyl (C=O) groups is 1. The van der Waals surface area contributed by atoms with Gasteiger partial charge < -0.3 is 5.32 Å². The van der Waals surface area contributed by atoms with Crippen LogP contribution in [0, 0.1) is 6.92 Å². The minimum atomic E-state index is -0.614. The monoisotopic (exact) mass is 341 g/mol. The largest absolute Gasteiger partial charge is 0.439 e. The molecule has 2 aromatic heterocycles. The molecule has 0 saturated carbocycles. The fraction of sp³-hybridized carbons (Fsp3) is 0.294. The van der Waals surface area contributed by atoms with E-state index in [1.54, 1.807) is 30.3 Å². The van der Waals surface area contributed by atoms with Crippen molar-refractivity contribution in [1.29, 1.82) is 0 Å². The highest BCUT2D eigenvalue weighted by Gasteiger charge is 2.20. The molecule has 0 aliphatic carbocycles.